The first kappa shape index (κ1) is 10.9. The molecule has 1 aromatic carbocycles. The van der Waals surface area contributed by atoms with Crippen molar-refractivity contribution in [1.82, 2.24) is 4.98 Å². The lowest BCUT2D eigenvalue weighted by atomic mass is 10.1. The standard InChI is InChI=1S/C13H16N2O/c1-8-4-5-11(6-9(8)2)12-7-15-13(16-12)10(3)14/h4-7,10H,14H2,1-3H3. The van der Waals surface area contributed by atoms with E-state index in [1.54, 1.807) is 6.20 Å². The van der Waals surface area contributed by atoms with Gasteiger partial charge in [-0.1, -0.05) is 12.1 Å². The summed E-state index contributed by atoms with van der Waals surface area (Å²) < 4.78 is 5.59. The molecule has 0 bridgehead atoms. The molecule has 3 nitrogen and oxygen atoms in total. The molecule has 1 aromatic heterocycles. The maximum Gasteiger partial charge on any atom is 0.211 e. The summed E-state index contributed by atoms with van der Waals surface area (Å²) in [4.78, 5) is 4.15. The van der Waals surface area contributed by atoms with Crippen LogP contribution in [0.3, 0.4) is 0 Å². The second kappa shape index (κ2) is 4.10. The maximum atomic E-state index is 5.70. The van der Waals surface area contributed by atoms with Crippen molar-refractivity contribution in [2.45, 2.75) is 26.8 Å². The molecule has 1 atom stereocenters. The molecule has 0 aliphatic heterocycles. The van der Waals surface area contributed by atoms with Crippen molar-refractivity contribution in [3.05, 3.63) is 41.4 Å². The molecule has 0 radical (unpaired) electrons. The normalized spacial score (nSPS) is 12.8. The van der Waals surface area contributed by atoms with Gasteiger partial charge < -0.3 is 10.2 Å². The van der Waals surface area contributed by atoms with Crippen LogP contribution in [-0.4, -0.2) is 4.98 Å². The van der Waals surface area contributed by atoms with Gasteiger partial charge in [-0.05, 0) is 38.0 Å². The van der Waals surface area contributed by atoms with Crippen LogP contribution >= 0.6 is 0 Å². The fourth-order valence-electron chi connectivity index (χ4n) is 1.53. The lowest BCUT2D eigenvalue weighted by Gasteiger charge is -2.02. The molecule has 0 saturated heterocycles. The molecule has 0 aliphatic carbocycles. The van der Waals surface area contributed by atoms with E-state index in [9.17, 15) is 0 Å². The third kappa shape index (κ3) is 1.99. The SMILES string of the molecule is Cc1ccc(-c2cnc(C(C)N)o2)cc1C. The minimum Gasteiger partial charge on any atom is -0.439 e. The predicted octanol–water partition coefficient (Wildman–Crippen LogP) is 2.98. The molecule has 1 unspecified atom stereocenters. The van der Waals surface area contributed by atoms with Crippen molar-refractivity contribution in [2.24, 2.45) is 5.73 Å². The Bertz CT molecular complexity index is 500. The Morgan fingerprint density at radius 3 is 2.56 bits per heavy atom. The molecule has 0 fully saturated rings. The van der Waals surface area contributed by atoms with E-state index in [1.807, 2.05) is 13.0 Å². The maximum absolute atomic E-state index is 5.70. The van der Waals surface area contributed by atoms with Gasteiger partial charge in [-0.15, -0.1) is 0 Å². The number of benzene rings is 1. The van der Waals surface area contributed by atoms with Crippen LogP contribution in [0.15, 0.2) is 28.8 Å². The number of hydrogen-bond donors (Lipinski definition) is 1. The van der Waals surface area contributed by atoms with Gasteiger partial charge in [0.15, 0.2) is 5.76 Å². The zero-order valence-electron chi connectivity index (χ0n) is 9.82. The molecule has 0 saturated carbocycles. The van der Waals surface area contributed by atoms with Crippen molar-refractivity contribution in [3.8, 4) is 11.3 Å². The smallest absolute Gasteiger partial charge is 0.211 e. The minimum atomic E-state index is -0.166. The molecule has 3 heteroatoms. The number of hydrogen-bond acceptors (Lipinski definition) is 3. The van der Waals surface area contributed by atoms with E-state index in [0.717, 1.165) is 11.3 Å². The highest BCUT2D eigenvalue weighted by atomic mass is 16.4. The summed E-state index contributed by atoms with van der Waals surface area (Å²) in [6, 6.07) is 6.05. The van der Waals surface area contributed by atoms with Gasteiger partial charge in [-0.3, -0.25) is 0 Å². The highest BCUT2D eigenvalue weighted by molar-refractivity contribution is 5.58. The molecular formula is C13H16N2O. The molecule has 2 N–H and O–H groups in total. The Labute approximate surface area is 95.3 Å². The number of oxazole rings is 1. The van der Waals surface area contributed by atoms with Gasteiger partial charge in [0.25, 0.3) is 0 Å². The third-order valence-electron chi connectivity index (χ3n) is 2.70. The summed E-state index contributed by atoms with van der Waals surface area (Å²) in [6.45, 7) is 6.03. The van der Waals surface area contributed by atoms with E-state index in [0.29, 0.717) is 5.89 Å². The van der Waals surface area contributed by atoms with Crippen LogP contribution in [0.2, 0.25) is 0 Å². The lowest BCUT2D eigenvalue weighted by molar-refractivity contribution is 0.473. The molecule has 84 valence electrons. The number of nitrogens with zero attached hydrogens (tertiary/aromatic N) is 1. The van der Waals surface area contributed by atoms with Crippen LogP contribution in [0.1, 0.15) is 30.0 Å². The molecule has 16 heavy (non-hydrogen) atoms. The summed E-state index contributed by atoms with van der Waals surface area (Å²) in [7, 11) is 0. The number of rotatable bonds is 2. The van der Waals surface area contributed by atoms with Crippen LogP contribution < -0.4 is 5.73 Å². The number of aryl methyl sites for hydroxylation is 2. The largest absolute Gasteiger partial charge is 0.439 e. The quantitative estimate of drug-likeness (QED) is 0.839. The van der Waals surface area contributed by atoms with Gasteiger partial charge in [0, 0.05) is 5.56 Å². The van der Waals surface area contributed by atoms with Gasteiger partial charge >= 0.3 is 0 Å². The molecular weight excluding hydrogens is 200 g/mol. The van der Waals surface area contributed by atoms with Gasteiger partial charge in [0.2, 0.25) is 5.89 Å². The highest BCUT2D eigenvalue weighted by Gasteiger charge is 2.09. The van der Waals surface area contributed by atoms with Gasteiger partial charge in [0.05, 0.1) is 12.2 Å². The van der Waals surface area contributed by atoms with Crippen molar-refractivity contribution in [1.29, 1.82) is 0 Å². The zero-order valence-corrected chi connectivity index (χ0v) is 9.82. The highest BCUT2D eigenvalue weighted by Crippen LogP contribution is 2.24. The van der Waals surface area contributed by atoms with E-state index < -0.39 is 0 Å². The second-order valence-electron chi connectivity index (χ2n) is 4.15. The van der Waals surface area contributed by atoms with Crippen molar-refractivity contribution >= 4 is 0 Å². The Morgan fingerprint density at radius 1 is 1.25 bits per heavy atom. The van der Waals surface area contributed by atoms with Crippen LogP contribution in [0, 0.1) is 13.8 Å². The summed E-state index contributed by atoms with van der Waals surface area (Å²) in [6.07, 6.45) is 1.72. The van der Waals surface area contributed by atoms with Crippen molar-refractivity contribution in [3.63, 3.8) is 0 Å². The first-order valence-corrected chi connectivity index (χ1v) is 5.37. The number of aromatic nitrogens is 1. The molecule has 0 aliphatic rings. The minimum absolute atomic E-state index is 0.166. The lowest BCUT2D eigenvalue weighted by Crippen LogP contribution is -2.04. The molecule has 0 spiro atoms. The van der Waals surface area contributed by atoms with E-state index in [2.05, 4.69) is 31.0 Å². The van der Waals surface area contributed by atoms with Gasteiger partial charge in [-0.2, -0.15) is 0 Å². The fraction of sp³-hybridized carbons (Fsp3) is 0.308. The Morgan fingerprint density at radius 2 is 2.00 bits per heavy atom. The Kier molecular flexibility index (Phi) is 2.79. The molecule has 1 heterocycles. The monoisotopic (exact) mass is 216 g/mol. The summed E-state index contributed by atoms with van der Waals surface area (Å²) in [5, 5.41) is 0. The fourth-order valence-corrected chi connectivity index (χ4v) is 1.53. The van der Waals surface area contributed by atoms with Crippen LogP contribution in [0.4, 0.5) is 0 Å². The summed E-state index contributed by atoms with van der Waals surface area (Å²) in [5.41, 5.74) is 9.27. The summed E-state index contributed by atoms with van der Waals surface area (Å²) >= 11 is 0. The third-order valence-corrected chi connectivity index (χ3v) is 2.70. The molecule has 2 rings (SSSR count). The van der Waals surface area contributed by atoms with Crippen molar-refractivity contribution < 1.29 is 4.42 Å². The zero-order chi connectivity index (χ0) is 11.7. The van der Waals surface area contributed by atoms with Crippen molar-refractivity contribution in [2.75, 3.05) is 0 Å². The second-order valence-corrected chi connectivity index (χ2v) is 4.15. The average molecular weight is 216 g/mol. The molecule has 0 amide bonds. The van der Waals surface area contributed by atoms with Crippen LogP contribution in [0.5, 0.6) is 0 Å². The van der Waals surface area contributed by atoms with E-state index in [-0.39, 0.29) is 6.04 Å². The first-order chi connectivity index (χ1) is 7.58. The van der Waals surface area contributed by atoms with E-state index in [1.165, 1.54) is 11.1 Å². The molecule has 2 aromatic rings. The van der Waals surface area contributed by atoms with E-state index >= 15 is 0 Å². The van der Waals surface area contributed by atoms with Gasteiger partial charge in [-0.25, -0.2) is 4.98 Å². The van der Waals surface area contributed by atoms with Crippen LogP contribution in [0.25, 0.3) is 11.3 Å². The van der Waals surface area contributed by atoms with Crippen LogP contribution in [-0.2, 0) is 0 Å². The summed E-state index contributed by atoms with van der Waals surface area (Å²) in [5.74, 6) is 1.35. The Hall–Kier alpha value is -1.61. The van der Waals surface area contributed by atoms with E-state index in [4.69, 9.17) is 10.2 Å². The number of nitrogens with two attached hydrogens (primary N) is 1. The Balaban J connectivity index is 2.39. The van der Waals surface area contributed by atoms with Gasteiger partial charge in [0.1, 0.15) is 0 Å². The predicted molar refractivity (Wildman–Crippen MR) is 64.0 cm³/mol. The topological polar surface area (TPSA) is 52.0 Å². The average Bonchev–Trinajstić information content (AvgIpc) is 2.71. The first-order valence-electron chi connectivity index (χ1n) is 5.37.